The van der Waals surface area contributed by atoms with Crippen LogP contribution in [-0.4, -0.2) is 28.6 Å². The van der Waals surface area contributed by atoms with E-state index in [0.717, 1.165) is 18.4 Å². The van der Waals surface area contributed by atoms with Crippen LogP contribution in [0.4, 0.5) is 0 Å². The zero-order valence-electron chi connectivity index (χ0n) is 14.6. The van der Waals surface area contributed by atoms with Crippen LogP contribution < -0.4 is 5.32 Å². The molecule has 1 aliphatic rings. The van der Waals surface area contributed by atoms with Gasteiger partial charge in [0.05, 0.1) is 6.10 Å². The summed E-state index contributed by atoms with van der Waals surface area (Å²) in [5.74, 6) is 0. The van der Waals surface area contributed by atoms with Gasteiger partial charge in [-0.05, 0) is 42.4 Å². The van der Waals surface area contributed by atoms with Crippen molar-refractivity contribution in [2.24, 2.45) is 0 Å². The number of rotatable bonds is 6. The topological polar surface area (TPSA) is 52.5 Å². The van der Waals surface area contributed by atoms with Gasteiger partial charge in [0.25, 0.3) is 0 Å². The van der Waals surface area contributed by atoms with Crippen LogP contribution in [0.5, 0.6) is 0 Å². The second kappa shape index (κ2) is 8.43. The molecular formula is C22H27NO2. The van der Waals surface area contributed by atoms with Crippen molar-refractivity contribution in [3.8, 4) is 0 Å². The van der Waals surface area contributed by atoms with Crippen molar-refractivity contribution in [1.82, 2.24) is 5.32 Å². The fourth-order valence-corrected chi connectivity index (χ4v) is 3.47. The number of aryl methyl sites for hydroxylation is 1. The summed E-state index contributed by atoms with van der Waals surface area (Å²) >= 11 is 0. The Bertz CT molecular complexity index is 684. The van der Waals surface area contributed by atoms with Gasteiger partial charge in [-0.1, -0.05) is 66.7 Å². The lowest BCUT2D eigenvalue weighted by Crippen LogP contribution is -2.54. The summed E-state index contributed by atoms with van der Waals surface area (Å²) in [4.78, 5) is 0. The fourth-order valence-electron chi connectivity index (χ4n) is 3.47. The maximum atomic E-state index is 11.1. The third-order valence-corrected chi connectivity index (χ3v) is 4.86. The number of benzene rings is 2. The summed E-state index contributed by atoms with van der Waals surface area (Å²) in [7, 11) is 0. The number of aliphatic hydroxyl groups is 2. The van der Waals surface area contributed by atoms with Gasteiger partial charge in [-0.15, -0.1) is 0 Å². The Morgan fingerprint density at radius 2 is 1.68 bits per heavy atom. The molecule has 1 saturated heterocycles. The van der Waals surface area contributed by atoms with E-state index in [1.54, 1.807) is 0 Å². The Morgan fingerprint density at radius 1 is 1.04 bits per heavy atom. The number of allylic oxidation sites excluding steroid dienone is 1. The van der Waals surface area contributed by atoms with Crippen LogP contribution in [0.1, 0.15) is 30.4 Å². The largest absolute Gasteiger partial charge is 0.393 e. The molecule has 3 nitrogen and oxygen atoms in total. The molecule has 2 aromatic carbocycles. The minimum absolute atomic E-state index is 0.344. The highest BCUT2D eigenvalue weighted by atomic mass is 16.3. The molecule has 2 atom stereocenters. The first kappa shape index (κ1) is 17.9. The molecule has 1 heterocycles. The molecule has 1 fully saturated rings. The van der Waals surface area contributed by atoms with E-state index in [9.17, 15) is 10.2 Å². The van der Waals surface area contributed by atoms with Crippen LogP contribution in [0.25, 0.3) is 0 Å². The van der Waals surface area contributed by atoms with Gasteiger partial charge >= 0.3 is 0 Å². The van der Waals surface area contributed by atoms with Crippen LogP contribution in [-0.2, 0) is 12.8 Å². The van der Waals surface area contributed by atoms with E-state index in [-0.39, 0.29) is 0 Å². The SMILES string of the molecule is OC1CCNC(O)(C(=CCCc2ccccc2)Cc2ccccc2)C1. The Balaban J connectivity index is 1.77. The lowest BCUT2D eigenvalue weighted by Gasteiger charge is -2.38. The number of aliphatic hydroxyl groups excluding tert-OH is 1. The van der Waals surface area contributed by atoms with Crippen molar-refractivity contribution in [2.75, 3.05) is 6.54 Å². The first-order chi connectivity index (χ1) is 12.2. The molecule has 3 N–H and O–H groups in total. The standard InChI is InChI=1S/C22H27NO2/c24-21-14-15-23-22(25,17-21)20(16-19-10-5-2-6-11-19)13-7-12-18-8-3-1-4-9-18/h1-6,8-11,13,21,23-25H,7,12,14-17H2. The number of hydrogen-bond donors (Lipinski definition) is 3. The first-order valence-electron chi connectivity index (χ1n) is 9.08. The van der Waals surface area contributed by atoms with Crippen molar-refractivity contribution >= 4 is 0 Å². The smallest absolute Gasteiger partial charge is 0.140 e. The number of nitrogens with one attached hydrogen (secondary N) is 1. The maximum absolute atomic E-state index is 11.1. The lowest BCUT2D eigenvalue weighted by molar-refractivity contribution is -0.0365. The second-order valence-corrected chi connectivity index (χ2v) is 6.85. The van der Waals surface area contributed by atoms with Crippen molar-refractivity contribution in [3.05, 3.63) is 83.4 Å². The summed E-state index contributed by atoms with van der Waals surface area (Å²) in [5.41, 5.74) is 2.29. The van der Waals surface area contributed by atoms with Crippen LogP contribution in [0.3, 0.4) is 0 Å². The van der Waals surface area contributed by atoms with Crippen molar-refractivity contribution in [2.45, 2.75) is 43.9 Å². The van der Waals surface area contributed by atoms with Gasteiger partial charge in [0, 0.05) is 13.0 Å². The average Bonchev–Trinajstić information content (AvgIpc) is 2.62. The van der Waals surface area contributed by atoms with Crippen LogP contribution in [0.2, 0.25) is 0 Å². The minimum Gasteiger partial charge on any atom is -0.393 e. The Kier molecular flexibility index (Phi) is 6.03. The third-order valence-electron chi connectivity index (χ3n) is 4.86. The van der Waals surface area contributed by atoms with Crippen LogP contribution >= 0.6 is 0 Å². The highest BCUT2D eigenvalue weighted by Crippen LogP contribution is 2.28. The van der Waals surface area contributed by atoms with E-state index in [4.69, 9.17) is 0 Å². The summed E-state index contributed by atoms with van der Waals surface area (Å²) in [6.45, 7) is 0.627. The number of hydrogen-bond acceptors (Lipinski definition) is 3. The monoisotopic (exact) mass is 337 g/mol. The molecule has 0 amide bonds. The quantitative estimate of drug-likeness (QED) is 0.710. The van der Waals surface area contributed by atoms with Gasteiger partial charge in [-0.2, -0.15) is 0 Å². The van der Waals surface area contributed by atoms with E-state index >= 15 is 0 Å². The van der Waals surface area contributed by atoms with Crippen molar-refractivity contribution in [3.63, 3.8) is 0 Å². The molecule has 25 heavy (non-hydrogen) atoms. The fraction of sp³-hybridized carbons (Fsp3) is 0.364. The summed E-state index contributed by atoms with van der Waals surface area (Å²) in [5, 5.41) is 24.4. The van der Waals surface area contributed by atoms with Gasteiger partial charge in [0.2, 0.25) is 0 Å². The van der Waals surface area contributed by atoms with E-state index in [1.807, 2.05) is 24.3 Å². The Labute approximate surface area is 150 Å². The molecule has 0 spiro atoms. The van der Waals surface area contributed by atoms with Gasteiger partial charge in [-0.3, -0.25) is 5.32 Å². The molecule has 0 saturated carbocycles. The maximum Gasteiger partial charge on any atom is 0.140 e. The van der Waals surface area contributed by atoms with Gasteiger partial charge in [0.1, 0.15) is 5.72 Å². The van der Waals surface area contributed by atoms with Crippen LogP contribution in [0.15, 0.2) is 72.3 Å². The van der Waals surface area contributed by atoms with Crippen molar-refractivity contribution < 1.29 is 10.2 Å². The van der Waals surface area contributed by atoms with E-state index in [0.29, 0.717) is 25.8 Å². The zero-order chi connectivity index (χ0) is 17.5. The molecule has 3 heteroatoms. The van der Waals surface area contributed by atoms with Gasteiger partial charge < -0.3 is 10.2 Å². The number of piperidine rings is 1. The molecule has 0 bridgehead atoms. The third kappa shape index (κ3) is 5.02. The lowest BCUT2D eigenvalue weighted by atomic mass is 9.86. The van der Waals surface area contributed by atoms with Crippen molar-refractivity contribution in [1.29, 1.82) is 0 Å². The van der Waals surface area contributed by atoms with E-state index in [2.05, 4.69) is 47.8 Å². The normalized spacial score (nSPS) is 24.2. The average molecular weight is 337 g/mol. The second-order valence-electron chi connectivity index (χ2n) is 6.85. The first-order valence-corrected chi connectivity index (χ1v) is 9.08. The van der Waals surface area contributed by atoms with Gasteiger partial charge in [0.15, 0.2) is 0 Å². The zero-order valence-corrected chi connectivity index (χ0v) is 14.6. The van der Waals surface area contributed by atoms with Crippen LogP contribution in [0, 0.1) is 0 Å². The highest BCUT2D eigenvalue weighted by Gasteiger charge is 2.36. The molecule has 132 valence electrons. The molecular weight excluding hydrogens is 310 g/mol. The molecule has 1 aliphatic heterocycles. The van der Waals surface area contributed by atoms with Gasteiger partial charge in [-0.25, -0.2) is 0 Å². The molecule has 3 rings (SSSR count). The van der Waals surface area contributed by atoms with E-state index in [1.165, 1.54) is 11.1 Å². The molecule has 0 radical (unpaired) electrons. The van der Waals surface area contributed by atoms with E-state index < -0.39 is 11.8 Å². The predicted octanol–water partition coefficient (Wildman–Crippen LogP) is 3.22. The molecule has 2 unspecified atom stereocenters. The Morgan fingerprint density at radius 3 is 2.32 bits per heavy atom. The summed E-state index contributed by atoms with van der Waals surface area (Å²) in [6.07, 6.45) is 5.21. The molecule has 0 aliphatic carbocycles. The Hall–Kier alpha value is -1.94. The molecule has 2 aromatic rings. The summed E-state index contributed by atoms with van der Waals surface area (Å²) in [6, 6.07) is 20.6. The summed E-state index contributed by atoms with van der Waals surface area (Å²) < 4.78 is 0. The predicted molar refractivity (Wildman–Crippen MR) is 101 cm³/mol. The minimum atomic E-state index is -1.12. The molecule has 0 aromatic heterocycles. The highest BCUT2D eigenvalue weighted by molar-refractivity contribution is 5.28.